The van der Waals surface area contributed by atoms with Crippen LogP contribution < -0.4 is 0 Å². The van der Waals surface area contributed by atoms with Crippen molar-refractivity contribution >= 4 is 12.7 Å². The van der Waals surface area contributed by atoms with E-state index in [1.54, 1.807) is 22.3 Å². The Labute approximate surface area is 203 Å². The van der Waals surface area contributed by atoms with E-state index < -0.39 is 34.3 Å². The van der Waals surface area contributed by atoms with Crippen LogP contribution in [0.5, 0.6) is 0 Å². The average Bonchev–Trinajstić information content (AvgIpc) is 3.33. The number of fused-ring (bicyclic) bond motifs is 6. The second-order valence-electron chi connectivity index (χ2n) is 8.67. The molecule has 0 saturated carbocycles. The van der Waals surface area contributed by atoms with E-state index in [9.17, 15) is 0 Å². The fourth-order valence-electron chi connectivity index (χ4n) is 5.46. The third-order valence-electron chi connectivity index (χ3n) is 6.58. The molecule has 4 aromatic carbocycles. The summed E-state index contributed by atoms with van der Waals surface area (Å²) in [6, 6.07) is 36.5. The fraction of sp³-hybridized carbons (Fsp3) is 0.143. The molecule has 0 heterocycles. The van der Waals surface area contributed by atoms with Crippen molar-refractivity contribution in [3.8, 4) is 22.3 Å². The maximum absolute atomic E-state index is 2.66. The van der Waals surface area contributed by atoms with E-state index >= 15 is 0 Å². The van der Waals surface area contributed by atoms with Gasteiger partial charge in [-0.1, -0.05) is 13.1 Å². The Kier molecular flexibility index (Phi) is 6.32. The van der Waals surface area contributed by atoms with E-state index in [-0.39, 0.29) is 0 Å². The van der Waals surface area contributed by atoms with Crippen LogP contribution in [0.3, 0.4) is 0 Å². The minimum absolute atomic E-state index is 0.417. The van der Waals surface area contributed by atoms with Crippen LogP contribution in [0.15, 0.2) is 97.1 Å². The third-order valence-corrected chi connectivity index (χ3v) is 16.4. The Morgan fingerprint density at radius 2 is 0.742 bits per heavy atom. The second-order valence-corrected chi connectivity index (χ2v) is 18.6. The molecule has 0 spiro atoms. The zero-order chi connectivity index (χ0) is 21.4. The molecule has 0 fully saturated rings. The number of hydrogen-bond donors (Lipinski definition) is 0. The summed E-state index contributed by atoms with van der Waals surface area (Å²) >= 11 is -2.18. The molecule has 0 amide bonds. The molecule has 0 atom stereocenters. The first-order valence-electron chi connectivity index (χ1n) is 11.5. The van der Waals surface area contributed by atoms with Gasteiger partial charge in [0.15, 0.2) is 0 Å². The van der Waals surface area contributed by atoms with Crippen LogP contribution in [0, 0.1) is 34.3 Å². The van der Waals surface area contributed by atoms with Crippen LogP contribution in [0.4, 0.5) is 0 Å². The molecule has 2 aliphatic carbocycles. The molecule has 31 heavy (non-hydrogen) atoms. The van der Waals surface area contributed by atoms with Gasteiger partial charge >= 0.3 is 182 Å². The van der Waals surface area contributed by atoms with Crippen molar-refractivity contribution in [2.45, 2.75) is 16.2 Å². The SMILES string of the molecule is C[SiH2]C.[BH2][Nd]([CH]1c2ccccc2-c2ccccc21)[CH]1c2ccccc2-c2ccccc21. The van der Waals surface area contributed by atoms with Crippen molar-refractivity contribution in [2.24, 2.45) is 0 Å². The molecule has 4 aromatic rings. The monoisotopic (exact) mass is 545 g/mol. The van der Waals surface area contributed by atoms with Crippen LogP contribution in [-0.2, 0) is 0 Å². The quantitative estimate of drug-likeness (QED) is 0.272. The van der Waals surface area contributed by atoms with Gasteiger partial charge in [-0.05, 0) is 0 Å². The molecule has 0 bridgehead atoms. The second kappa shape index (κ2) is 9.17. The Bertz CT molecular complexity index is 1050. The van der Waals surface area contributed by atoms with Crippen molar-refractivity contribution in [3.63, 3.8) is 0 Å². The van der Waals surface area contributed by atoms with Gasteiger partial charge in [-0.15, -0.1) is 0 Å². The maximum atomic E-state index is 2.66. The zero-order valence-electron chi connectivity index (χ0n) is 18.6. The van der Waals surface area contributed by atoms with Gasteiger partial charge in [0.1, 0.15) is 0 Å². The van der Waals surface area contributed by atoms with Gasteiger partial charge in [-0.3, -0.25) is 0 Å². The molecule has 0 aliphatic heterocycles. The minimum atomic E-state index is -2.18. The van der Waals surface area contributed by atoms with Crippen molar-refractivity contribution in [2.75, 3.05) is 0 Å². The van der Waals surface area contributed by atoms with Crippen LogP contribution in [0.25, 0.3) is 22.3 Å². The molecule has 0 saturated heterocycles. The summed E-state index contributed by atoms with van der Waals surface area (Å²) < 4.78 is 3.95. The molecule has 0 aromatic heterocycles. The van der Waals surface area contributed by atoms with E-state index in [0.29, 0.717) is 12.7 Å². The standard InChI is InChI=1S/2C13H9.C2H8Si.BH2.Nd/c2*1-3-7-12-10(5-1)9-11-6-2-4-8-13(11)12;1-3-2;;/h2*1-9H;3H2,1-2H3;1H2;/q;;;+1;-1. The van der Waals surface area contributed by atoms with E-state index in [2.05, 4.69) is 113 Å². The molecular weight excluding hydrogens is 519 g/mol. The van der Waals surface area contributed by atoms with Gasteiger partial charge in [0.05, 0.1) is 0 Å². The first kappa shape index (κ1) is 21.4. The summed E-state index contributed by atoms with van der Waals surface area (Å²) in [5.74, 6) is 0. The normalized spacial score (nSPS) is 13.5. The van der Waals surface area contributed by atoms with Crippen LogP contribution in [0.2, 0.25) is 13.1 Å². The van der Waals surface area contributed by atoms with Gasteiger partial charge in [0.2, 0.25) is 0 Å². The van der Waals surface area contributed by atoms with Crippen LogP contribution in [0.1, 0.15) is 25.4 Å². The first-order valence-corrected chi connectivity index (χ1v) is 21.2. The first-order chi connectivity index (χ1) is 15.3. The molecule has 2 aliphatic rings. The summed E-state index contributed by atoms with van der Waals surface area (Å²) in [6.45, 7) is 4.53. The molecule has 151 valence electrons. The molecule has 6 rings (SSSR count). The molecule has 0 radical (unpaired) electrons. The van der Waals surface area contributed by atoms with E-state index in [0.717, 1.165) is 0 Å². The number of benzene rings is 4. The summed E-state index contributed by atoms with van der Waals surface area (Å²) in [7, 11) is 0.417. The van der Waals surface area contributed by atoms with Gasteiger partial charge in [-0.25, -0.2) is 0 Å². The third kappa shape index (κ3) is 3.61. The van der Waals surface area contributed by atoms with Crippen LogP contribution in [-0.4, -0.2) is 12.7 Å². The van der Waals surface area contributed by atoms with Gasteiger partial charge in [-0.2, -0.15) is 0 Å². The Morgan fingerprint density at radius 3 is 1.00 bits per heavy atom. The predicted octanol–water partition coefficient (Wildman–Crippen LogP) is 5.95. The topological polar surface area (TPSA) is 0 Å². The van der Waals surface area contributed by atoms with Gasteiger partial charge in [0.25, 0.3) is 0 Å². The van der Waals surface area contributed by atoms with Crippen molar-refractivity contribution in [3.05, 3.63) is 119 Å². The van der Waals surface area contributed by atoms with E-state index in [4.69, 9.17) is 0 Å². The molecule has 3 heteroatoms. The Balaban J connectivity index is 0.000000646. The molecule has 0 N–H and O–H groups in total. The predicted molar refractivity (Wildman–Crippen MR) is 136 cm³/mol. The summed E-state index contributed by atoms with van der Waals surface area (Å²) in [5, 5.41) is 0. The summed E-state index contributed by atoms with van der Waals surface area (Å²) in [6.07, 6.45) is 0. The van der Waals surface area contributed by atoms with Crippen LogP contribution >= 0.6 is 0 Å². The summed E-state index contributed by atoms with van der Waals surface area (Å²) in [4.78, 5) is 0. The Hall–Kier alpha value is -1.49. The van der Waals surface area contributed by atoms with Crippen molar-refractivity contribution in [1.82, 2.24) is 0 Å². The molecular formula is C28H28BNdSi. The van der Waals surface area contributed by atoms with E-state index in [1.807, 2.05) is 0 Å². The average molecular weight is 548 g/mol. The number of hydrogen-bond acceptors (Lipinski definition) is 0. The Morgan fingerprint density at radius 1 is 0.516 bits per heavy atom. The molecule has 0 unspecified atom stereocenters. The number of rotatable bonds is 2. The molecule has 0 nitrogen and oxygen atoms in total. The van der Waals surface area contributed by atoms with E-state index in [1.165, 1.54) is 22.3 Å². The van der Waals surface area contributed by atoms with Crippen molar-refractivity contribution < 1.29 is 34.3 Å². The van der Waals surface area contributed by atoms with Gasteiger partial charge in [0, 0.05) is 9.52 Å². The zero-order valence-corrected chi connectivity index (χ0v) is 23.2. The summed E-state index contributed by atoms with van der Waals surface area (Å²) in [5.41, 5.74) is 12.2. The fourth-order valence-corrected chi connectivity index (χ4v) is 16.1. The van der Waals surface area contributed by atoms with Gasteiger partial charge < -0.3 is 0 Å². The van der Waals surface area contributed by atoms with Crippen molar-refractivity contribution in [1.29, 1.82) is 0 Å².